The van der Waals surface area contributed by atoms with Gasteiger partial charge in [-0.2, -0.15) is 0 Å². The SMILES string of the molecule is Cn1c(C2(O)CCCCC2)c[nH]c1=S. The van der Waals surface area contributed by atoms with Gasteiger partial charge in [0.05, 0.1) is 5.69 Å². The summed E-state index contributed by atoms with van der Waals surface area (Å²) in [5, 5.41) is 10.4. The lowest BCUT2D eigenvalue weighted by Gasteiger charge is -2.32. The zero-order valence-corrected chi connectivity index (χ0v) is 9.23. The summed E-state index contributed by atoms with van der Waals surface area (Å²) in [4.78, 5) is 2.98. The summed E-state index contributed by atoms with van der Waals surface area (Å²) in [5.74, 6) is 0. The molecule has 2 N–H and O–H groups in total. The molecule has 0 saturated heterocycles. The lowest BCUT2D eigenvalue weighted by Crippen LogP contribution is -2.30. The van der Waals surface area contributed by atoms with Crippen LogP contribution in [0.1, 0.15) is 37.8 Å². The van der Waals surface area contributed by atoms with Gasteiger partial charge in [-0.3, -0.25) is 0 Å². The topological polar surface area (TPSA) is 41.0 Å². The molecule has 1 aliphatic rings. The quantitative estimate of drug-likeness (QED) is 0.701. The van der Waals surface area contributed by atoms with Gasteiger partial charge in [0.25, 0.3) is 0 Å². The van der Waals surface area contributed by atoms with E-state index >= 15 is 0 Å². The van der Waals surface area contributed by atoms with E-state index in [1.807, 2.05) is 17.8 Å². The number of aromatic amines is 1. The molecule has 14 heavy (non-hydrogen) atoms. The van der Waals surface area contributed by atoms with Crippen molar-refractivity contribution in [2.75, 3.05) is 0 Å². The van der Waals surface area contributed by atoms with Crippen LogP contribution in [-0.4, -0.2) is 14.7 Å². The average Bonchev–Trinajstić information content (AvgIpc) is 2.49. The van der Waals surface area contributed by atoms with Gasteiger partial charge >= 0.3 is 0 Å². The molecule has 0 aromatic carbocycles. The highest BCUT2D eigenvalue weighted by Gasteiger charge is 2.33. The molecule has 2 rings (SSSR count). The Balaban J connectivity index is 2.37. The van der Waals surface area contributed by atoms with Crippen LogP contribution in [0, 0.1) is 4.77 Å². The van der Waals surface area contributed by atoms with Gasteiger partial charge in [0.15, 0.2) is 4.77 Å². The van der Waals surface area contributed by atoms with Crippen LogP contribution >= 0.6 is 12.2 Å². The Labute approximate surface area is 88.8 Å². The van der Waals surface area contributed by atoms with Crippen molar-refractivity contribution in [1.29, 1.82) is 0 Å². The third kappa shape index (κ3) is 1.53. The van der Waals surface area contributed by atoms with Gasteiger partial charge in [-0.05, 0) is 25.1 Å². The van der Waals surface area contributed by atoms with E-state index < -0.39 is 5.60 Å². The fraction of sp³-hybridized carbons (Fsp3) is 0.700. The Bertz CT molecular complexity index is 374. The Kier molecular flexibility index (Phi) is 2.49. The van der Waals surface area contributed by atoms with Crippen LogP contribution in [0.5, 0.6) is 0 Å². The predicted octanol–water partition coefficient (Wildman–Crippen LogP) is 2.23. The zero-order chi connectivity index (χ0) is 10.2. The molecule has 0 spiro atoms. The van der Waals surface area contributed by atoms with Crippen LogP contribution in [0.4, 0.5) is 0 Å². The second kappa shape index (κ2) is 3.51. The molecule has 0 radical (unpaired) electrons. The maximum atomic E-state index is 10.4. The minimum atomic E-state index is -0.652. The monoisotopic (exact) mass is 212 g/mol. The van der Waals surface area contributed by atoms with E-state index in [0.717, 1.165) is 31.4 Å². The Morgan fingerprint density at radius 2 is 2.07 bits per heavy atom. The number of hydrogen-bond acceptors (Lipinski definition) is 2. The van der Waals surface area contributed by atoms with Crippen molar-refractivity contribution in [3.05, 3.63) is 16.7 Å². The molecule has 0 aliphatic heterocycles. The smallest absolute Gasteiger partial charge is 0.177 e. The lowest BCUT2D eigenvalue weighted by atomic mass is 9.83. The summed E-state index contributed by atoms with van der Waals surface area (Å²) in [5.41, 5.74) is 0.280. The number of H-pyrrole nitrogens is 1. The molecule has 0 unspecified atom stereocenters. The highest BCUT2D eigenvalue weighted by molar-refractivity contribution is 7.71. The van der Waals surface area contributed by atoms with Crippen molar-refractivity contribution in [2.24, 2.45) is 7.05 Å². The molecule has 1 saturated carbocycles. The minimum absolute atomic E-state index is 0.652. The van der Waals surface area contributed by atoms with Crippen LogP contribution < -0.4 is 0 Å². The molecule has 4 heteroatoms. The van der Waals surface area contributed by atoms with E-state index in [4.69, 9.17) is 12.2 Å². The van der Waals surface area contributed by atoms with Crippen molar-refractivity contribution >= 4 is 12.2 Å². The number of aliphatic hydroxyl groups is 1. The van der Waals surface area contributed by atoms with Gasteiger partial charge in [-0.1, -0.05) is 19.3 Å². The van der Waals surface area contributed by atoms with Gasteiger partial charge in [-0.15, -0.1) is 0 Å². The van der Waals surface area contributed by atoms with Crippen molar-refractivity contribution in [3.63, 3.8) is 0 Å². The van der Waals surface area contributed by atoms with Gasteiger partial charge in [-0.25, -0.2) is 0 Å². The van der Waals surface area contributed by atoms with Crippen molar-refractivity contribution in [1.82, 2.24) is 9.55 Å². The standard InChI is InChI=1S/C10H16N2OS/c1-12-8(7-11-9(12)14)10(13)5-3-2-4-6-10/h7,13H,2-6H2,1H3,(H,11,14). The molecular weight excluding hydrogens is 196 g/mol. The lowest BCUT2D eigenvalue weighted by molar-refractivity contribution is -0.00716. The van der Waals surface area contributed by atoms with E-state index in [-0.39, 0.29) is 0 Å². The summed E-state index contributed by atoms with van der Waals surface area (Å²) < 4.78 is 2.56. The molecule has 1 fully saturated rings. The average molecular weight is 212 g/mol. The van der Waals surface area contributed by atoms with Gasteiger partial charge in [0, 0.05) is 13.2 Å². The Morgan fingerprint density at radius 3 is 2.57 bits per heavy atom. The van der Waals surface area contributed by atoms with Crippen LogP contribution in [-0.2, 0) is 12.6 Å². The molecule has 1 aromatic rings. The van der Waals surface area contributed by atoms with E-state index in [1.54, 1.807) is 0 Å². The second-order valence-electron chi connectivity index (χ2n) is 4.13. The van der Waals surface area contributed by atoms with E-state index in [0.29, 0.717) is 4.77 Å². The third-order valence-corrected chi connectivity index (χ3v) is 3.55. The highest BCUT2D eigenvalue weighted by Crippen LogP contribution is 2.36. The molecule has 78 valence electrons. The first-order chi connectivity index (χ1) is 6.63. The van der Waals surface area contributed by atoms with Crippen molar-refractivity contribution in [3.8, 4) is 0 Å². The maximum absolute atomic E-state index is 10.4. The van der Waals surface area contributed by atoms with Gasteiger partial charge in [0.1, 0.15) is 5.60 Å². The second-order valence-corrected chi connectivity index (χ2v) is 4.52. The molecule has 3 nitrogen and oxygen atoms in total. The molecule has 0 atom stereocenters. The number of aromatic nitrogens is 2. The Morgan fingerprint density at radius 1 is 1.43 bits per heavy atom. The van der Waals surface area contributed by atoms with E-state index in [2.05, 4.69) is 4.98 Å². The van der Waals surface area contributed by atoms with Crippen LogP contribution in [0.3, 0.4) is 0 Å². The van der Waals surface area contributed by atoms with Gasteiger partial charge < -0.3 is 14.7 Å². The first-order valence-corrected chi connectivity index (χ1v) is 5.51. The van der Waals surface area contributed by atoms with Crippen LogP contribution in [0.2, 0.25) is 0 Å². The minimum Gasteiger partial charge on any atom is -0.384 e. The Hall–Kier alpha value is -0.610. The number of imidazole rings is 1. The summed E-state index contributed by atoms with van der Waals surface area (Å²) in [6.45, 7) is 0. The summed E-state index contributed by atoms with van der Waals surface area (Å²) >= 11 is 5.09. The number of rotatable bonds is 1. The predicted molar refractivity (Wildman–Crippen MR) is 57.6 cm³/mol. The number of hydrogen-bond donors (Lipinski definition) is 2. The first-order valence-electron chi connectivity index (χ1n) is 5.11. The molecule has 0 bridgehead atoms. The summed E-state index contributed by atoms with van der Waals surface area (Å²) in [7, 11) is 1.90. The van der Waals surface area contributed by atoms with Crippen LogP contribution in [0.15, 0.2) is 6.20 Å². The van der Waals surface area contributed by atoms with E-state index in [1.165, 1.54) is 6.42 Å². The number of nitrogens with one attached hydrogen (secondary N) is 1. The molecule has 1 heterocycles. The molecule has 0 amide bonds. The summed E-state index contributed by atoms with van der Waals surface area (Å²) in [6.07, 6.45) is 6.99. The molecular formula is C10H16N2OS. The van der Waals surface area contributed by atoms with Crippen LogP contribution in [0.25, 0.3) is 0 Å². The molecule has 1 aromatic heterocycles. The highest BCUT2D eigenvalue weighted by atomic mass is 32.1. The normalized spacial score (nSPS) is 21.0. The fourth-order valence-electron chi connectivity index (χ4n) is 2.27. The largest absolute Gasteiger partial charge is 0.384 e. The summed E-state index contributed by atoms with van der Waals surface area (Å²) in [6, 6.07) is 0. The van der Waals surface area contributed by atoms with Gasteiger partial charge in [0.2, 0.25) is 0 Å². The van der Waals surface area contributed by atoms with Crippen molar-refractivity contribution in [2.45, 2.75) is 37.7 Å². The number of nitrogens with zero attached hydrogens (tertiary/aromatic N) is 1. The first kappa shape index (κ1) is 9.93. The zero-order valence-electron chi connectivity index (χ0n) is 8.42. The fourth-order valence-corrected chi connectivity index (χ4v) is 2.43. The maximum Gasteiger partial charge on any atom is 0.177 e. The van der Waals surface area contributed by atoms with E-state index in [9.17, 15) is 5.11 Å². The third-order valence-electron chi connectivity index (χ3n) is 3.16. The molecule has 1 aliphatic carbocycles. The van der Waals surface area contributed by atoms with Crippen molar-refractivity contribution < 1.29 is 5.11 Å².